The molecule has 0 spiro atoms. The van der Waals surface area contributed by atoms with E-state index in [0.29, 0.717) is 5.69 Å². The monoisotopic (exact) mass is 270 g/mol. The topological polar surface area (TPSA) is 36.1 Å². The second-order valence-corrected chi connectivity index (χ2v) is 5.27. The van der Waals surface area contributed by atoms with E-state index in [4.69, 9.17) is 0 Å². The Morgan fingerprint density at radius 2 is 1.90 bits per heavy atom. The number of carbonyl (C=O) groups excluding carboxylic acids is 1. The summed E-state index contributed by atoms with van der Waals surface area (Å²) in [5.41, 5.74) is 1.99. The molecule has 1 aromatic carbocycles. The molecule has 0 fully saturated rings. The maximum Gasteiger partial charge on any atom is 0.270 e. The maximum absolute atomic E-state index is 12.4. The standard InChI is InChI=1S/C17H22N2O/c1-14(2)19(17(20)16-11-6-12-18-16)13-7-10-15-8-4-3-5-9-15/h3-6,8-9,11-12,14,18H,7,10,13H2,1-2H3. The van der Waals surface area contributed by atoms with E-state index in [2.05, 4.69) is 43.1 Å². The van der Waals surface area contributed by atoms with Gasteiger partial charge in [0.25, 0.3) is 5.91 Å². The Hall–Kier alpha value is -2.03. The number of aryl methyl sites for hydroxylation is 1. The summed E-state index contributed by atoms with van der Waals surface area (Å²) < 4.78 is 0. The minimum Gasteiger partial charge on any atom is -0.357 e. The van der Waals surface area contributed by atoms with Crippen LogP contribution in [-0.2, 0) is 6.42 Å². The predicted octanol–water partition coefficient (Wildman–Crippen LogP) is 3.50. The van der Waals surface area contributed by atoms with Crippen molar-refractivity contribution >= 4 is 5.91 Å². The molecule has 0 aliphatic heterocycles. The number of aromatic amines is 1. The zero-order valence-electron chi connectivity index (χ0n) is 12.2. The van der Waals surface area contributed by atoms with E-state index in [-0.39, 0.29) is 11.9 Å². The van der Waals surface area contributed by atoms with Crippen LogP contribution >= 0.6 is 0 Å². The van der Waals surface area contributed by atoms with Crippen molar-refractivity contribution in [2.45, 2.75) is 32.7 Å². The number of hydrogen-bond donors (Lipinski definition) is 1. The molecule has 2 rings (SSSR count). The molecular weight excluding hydrogens is 248 g/mol. The number of carbonyl (C=O) groups is 1. The molecule has 0 radical (unpaired) electrons. The first-order chi connectivity index (χ1) is 9.68. The van der Waals surface area contributed by atoms with E-state index < -0.39 is 0 Å². The Labute approximate surface area is 120 Å². The molecule has 1 aromatic heterocycles. The van der Waals surface area contributed by atoms with Crippen LogP contribution in [0.15, 0.2) is 48.7 Å². The lowest BCUT2D eigenvalue weighted by Crippen LogP contribution is -2.38. The molecule has 0 atom stereocenters. The summed E-state index contributed by atoms with van der Waals surface area (Å²) in [7, 11) is 0. The number of hydrogen-bond acceptors (Lipinski definition) is 1. The third kappa shape index (κ3) is 3.73. The molecule has 1 heterocycles. The van der Waals surface area contributed by atoms with Crippen molar-refractivity contribution in [2.75, 3.05) is 6.54 Å². The summed E-state index contributed by atoms with van der Waals surface area (Å²) in [5.74, 6) is 0.0815. The third-order valence-corrected chi connectivity index (χ3v) is 3.42. The number of nitrogens with zero attached hydrogens (tertiary/aromatic N) is 1. The van der Waals surface area contributed by atoms with Gasteiger partial charge >= 0.3 is 0 Å². The van der Waals surface area contributed by atoms with Gasteiger partial charge in [0.05, 0.1) is 0 Å². The molecule has 2 aromatic rings. The van der Waals surface area contributed by atoms with Crippen molar-refractivity contribution in [1.29, 1.82) is 0 Å². The van der Waals surface area contributed by atoms with Gasteiger partial charge < -0.3 is 9.88 Å². The second kappa shape index (κ2) is 6.94. The lowest BCUT2D eigenvalue weighted by atomic mass is 10.1. The van der Waals surface area contributed by atoms with Crippen LogP contribution in [-0.4, -0.2) is 28.4 Å². The lowest BCUT2D eigenvalue weighted by molar-refractivity contribution is 0.0698. The van der Waals surface area contributed by atoms with Crippen molar-refractivity contribution in [3.05, 3.63) is 59.9 Å². The van der Waals surface area contributed by atoms with Gasteiger partial charge in [-0.15, -0.1) is 0 Å². The van der Waals surface area contributed by atoms with Crippen molar-refractivity contribution in [3.8, 4) is 0 Å². The molecule has 106 valence electrons. The van der Waals surface area contributed by atoms with Gasteiger partial charge in [0.15, 0.2) is 0 Å². The molecule has 0 saturated heterocycles. The van der Waals surface area contributed by atoms with Crippen LogP contribution < -0.4 is 0 Å². The smallest absolute Gasteiger partial charge is 0.270 e. The summed E-state index contributed by atoms with van der Waals surface area (Å²) in [6, 6.07) is 14.3. The summed E-state index contributed by atoms with van der Waals surface area (Å²) in [6.45, 7) is 4.90. The van der Waals surface area contributed by atoms with Gasteiger partial charge in [-0.3, -0.25) is 4.79 Å². The molecule has 1 amide bonds. The normalized spacial score (nSPS) is 10.8. The van der Waals surface area contributed by atoms with E-state index in [1.54, 1.807) is 6.20 Å². The molecule has 3 heteroatoms. The zero-order chi connectivity index (χ0) is 14.4. The largest absolute Gasteiger partial charge is 0.357 e. The number of nitrogens with one attached hydrogen (secondary N) is 1. The highest BCUT2D eigenvalue weighted by Crippen LogP contribution is 2.10. The summed E-state index contributed by atoms with van der Waals surface area (Å²) >= 11 is 0. The van der Waals surface area contributed by atoms with Crippen LogP contribution in [0.5, 0.6) is 0 Å². The predicted molar refractivity (Wildman–Crippen MR) is 81.7 cm³/mol. The van der Waals surface area contributed by atoms with E-state index in [1.165, 1.54) is 5.56 Å². The van der Waals surface area contributed by atoms with Gasteiger partial charge in [0, 0.05) is 18.8 Å². The van der Waals surface area contributed by atoms with Gasteiger partial charge in [0.1, 0.15) is 5.69 Å². The fourth-order valence-electron chi connectivity index (χ4n) is 2.31. The molecule has 3 nitrogen and oxygen atoms in total. The number of H-pyrrole nitrogens is 1. The van der Waals surface area contributed by atoms with Crippen LogP contribution in [0.25, 0.3) is 0 Å². The van der Waals surface area contributed by atoms with Crippen LogP contribution in [0.3, 0.4) is 0 Å². The second-order valence-electron chi connectivity index (χ2n) is 5.27. The minimum absolute atomic E-state index is 0.0815. The fraction of sp³-hybridized carbons (Fsp3) is 0.353. The van der Waals surface area contributed by atoms with E-state index in [9.17, 15) is 4.79 Å². The van der Waals surface area contributed by atoms with Crippen LogP contribution in [0.1, 0.15) is 36.3 Å². The first-order valence-corrected chi connectivity index (χ1v) is 7.17. The van der Waals surface area contributed by atoms with Crippen LogP contribution in [0.4, 0.5) is 0 Å². The van der Waals surface area contributed by atoms with Crippen molar-refractivity contribution in [2.24, 2.45) is 0 Å². The number of aromatic nitrogens is 1. The van der Waals surface area contributed by atoms with Crippen molar-refractivity contribution in [3.63, 3.8) is 0 Å². The highest BCUT2D eigenvalue weighted by molar-refractivity contribution is 5.92. The quantitative estimate of drug-likeness (QED) is 0.857. The molecule has 0 aliphatic carbocycles. The fourth-order valence-corrected chi connectivity index (χ4v) is 2.31. The van der Waals surface area contributed by atoms with E-state index in [0.717, 1.165) is 19.4 Å². The van der Waals surface area contributed by atoms with Gasteiger partial charge in [-0.25, -0.2) is 0 Å². The van der Waals surface area contributed by atoms with Gasteiger partial charge in [0.2, 0.25) is 0 Å². The van der Waals surface area contributed by atoms with E-state index in [1.807, 2.05) is 23.1 Å². The SMILES string of the molecule is CC(C)N(CCCc1ccccc1)C(=O)c1ccc[nH]1. The van der Waals surface area contributed by atoms with Crippen LogP contribution in [0.2, 0.25) is 0 Å². The van der Waals surface area contributed by atoms with Gasteiger partial charge in [-0.2, -0.15) is 0 Å². The van der Waals surface area contributed by atoms with Crippen LogP contribution in [0, 0.1) is 0 Å². The molecule has 1 N–H and O–H groups in total. The molecule has 0 bridgehead atoms. The average Bonchev–Trinajstić information content (AvgIpc) is 2.98. The molecule has 0 unspecified atom stereocenters. The summed E-state index contributed by atoms with van der Waals surface area (Å²) in [5, 5.41) is 0. The third-order valence-electron chi connectivity index (χ3n) is 3.42. The Kier molecular flexibility index (Phi) is 4.99. The maximum atomic E-state index is 12.4. The first kappa shape index (κ1) is 14.4. The molecule has 0 aliphatic rings. The minimum atomic E-state index is 0.0815. The Morgan fingerprint density at radius 3 is 2.50 bits per heavy atom. The Bertz CT molecular complexity index is 517. The number of rotatable bonds is 6. The number of amides is 1. The van der Waals surface area contributed by atoms with E-state index >= 15 is 0 Å². The van der Waals surface area contributed by atoms with Crippen molar-refractivity contribution < 1.29 is 4.79 Å². The summed E-state index contributed by atoms with van der Waals surface area (Å²) in [6.07, 6.45) is 3.77. The first-order valence-electron chi connectivity index (χ1n) is 7.17. The molecule has 20 heavy (non-hydrogen) atoms. The summed E-state index contributed by atoms with van der Waals surface area (Å²) in [4.78, 5) is 17.3. The Balaban J connectivity index is 1.91. The molecule has 0 saturated carbocycles. The average molecular weight is 270 g/mol. The Morgan fingerprint density at radius 1 is 1.15 bits per heavy atom. The molecular formula is C17H22N2O. The number of benzene rings is 1. The van der Waals surface area contributed by atoms with Gasteiger partial charge in [-0.1, -0.05) is 30.3 Å². The highest BCUT2D eigenvalue weighted by atomic mass is 16.2. The lowest BCUT2D eigenvalue weighted by Gasteiger charge is -2.26. The zero-order valence-corrected chi connectivity index (χ0v) is 12.2. The highest BCUT2D eigenvalue weighted by Gasteiger charge is 2.18. The van der Waals surface area contributed by atoms with Gasteiger partial charge in [-0.05, 0) is 44.4 Å². The van der Waals surface area contributed by atoms with Crippen molar-refractivity contribution in [1.82, 2.24) is 9.88 Å².